The highest BCUT2D eigenvalue weighted by molar-refractivity contribution is 7.91. The Labute approximate surface area is 130 Å². The van der Waals surface area contributed by atoms with Gasteiger partial charge >= 0.3 is 0 Å². The summed E-state index contributed by atoms with van der Waals surface area (Å²) in [7, 11) is -3.44. The van der Waals surface area contributed by atoms with Gasteiger partial charge in [0.25, 0.3) is 0 Å². The first-order chi connectivity index (χ1) is 9.80. The van der Waals surface area contributed by atoms with Crippen molar-refractivity contribution in [1.82, 2.24) is 0 Å². The van der Waals surface area contributed by atoms with Crippen LogP contribution in [0.1, 0.15) is 32.1 Å². The molecule has 2 N–H and O–H groups in total. The van der Waals surface area contributed by atoms with Gasteiger partial charge in [-0.1, -0.05) is 20.8 Å². The van der Waals surface area contributed by atoms with Gasteiger partial charge in [-0.05, 0) is 18.3 Å². The van der Waals surface area contributed by atoms with Crippen LogP contribution >= 0.6 is 11.3 Å². The Morgan fingerprint density at radius 2 is 1.95 bits per heavy atom. The number of nitrogens with zero attached hydrogens (tertiary/aromatic N) is 2. The Hall–Kier alpha value is -1.26. The van der Waals surface area contributed by atoms with Crippen molar-refractivity contribution in [2.45, 2.75) is 32.1 Å². The third-order valence-corrected chi connectivity index (χ3v) is 6.93. The van der Waals surface area contributed by atoms with Crippen LogP contribution in [0.15, 0.2) is 4.90 Å². The highest BCUT2D eigenvalue weighted by atomic mass is 32.2. The zero-order chi connectivity index (χ0) is 15.8. The molecule has 1 aromatic heterocycles. The van der Waals surface area contributed by atoms with Crippen LogP contribution in [0.2, 0.25) is 0 Å². The average molecular weight is 327 g/mol. The molecule has 2 unspecified atom stereocenters. The molecule has 2 atom stereocenters. The molecule has 1 aliphatic heterocycles. The van der Waals surface area contributed by atoms with E-state index < -0.39 is 9.84 Å². The van der Waals surface area contributed by atoms with Crippen LogP contribution in [0.5, 0.6) is 0 Å². The summed E-state index contributed by atoms with van der Waals surface area (Å²) in [5.74, 6) is 0.990. The molecular weight excluding hydrogens is 306 g/mol. The summed E-state index contributed by atoms with van der Waals surface area (Å²) in [5.41, 5.74) is 6.05. The minimum Gasteiger partial charge on any atom is -0.396 e. The van der Waals surface area contributed by atoms with E-state index in [2.05, 4.69) is 18.7 Å². The molecule has 0 saturated carbocycles. The number of nitrogens with two attached hydrogens (primary N) is 1. The molecule has 0 bridgehead atoms. The van der Waals surface area contributed by atoms with Crippen LogP contribution in [0, 0.1) is 23.2 Å². The van der Waals surface area contributed by atoms with Crippen LogP contribution in [-0.4, -0.2) is 27.3 Å². The summed E-state index contributed by atoms with van der Waals surface area (Å²) in [6, 6.07) is 2.02. The number of hydrogen-bond donors (Lipinski definition) is 1. The Kier molecular flexibility index (Phi) is 4.49. The Morgan fingerprint density at radius 3 is 2.43 bits per heavy atom. The maximum atomic E-state index is 12.4. The topological polar surface area (TPSA) is 87.2 Å². The predicted octanol–water partition coefficient (Wildman–Crippen LogP) is 2.48. The standard InChI is InChI=1S/C14H21N3O2S2/c1-4-21(18,19)13-12(16)11(6-15)20-14(13)17-7-9(2)5-10(3)8-17/h9-10H,4-5,7-8,16H2,1-3H3. The molecule has 7 heteroatoms. The van der Waals surface area contributed by atoms with Gasteiger partial charge in [0.15, 0.2) is 9.84 Å². The maximum absolute atomic E-state index is 12.4. The van der Waals surface area contributed by atoms with Crippen molar-refractivity contribution in [1.29, 1.82) is 5.26 Å². The normalized spacial score (nSPS) is 23.0. The number of thiophene rings is 1. The van der Waals surface area contributed by atoms with Gasteiger partial charge in [0.1, 0.15) is 20.8 Å². The molecule has 1 saturated heterocycles. The SMILES string of the molecule is CCS(=O)(=O)c1c(N2CC(C)CC(C)C2)sc(C#N)c1N. The van der Waals surface area contributed by atoms with E-state index in [1.54, 1.807) is 6.92 Å². The predicted molar refractivity (Wildman–Crippen MR) is 86.3 cm³/mol. The van der Waals surface area contributed by atoms with Crippen LogP contribution in [0.4, 0.5) is 10.7 Å². The molecule has 116 valence electrons. The molecule has 2 rings (SSSR count). The first-order valence-corrected chi connectivity index (χ1v) is 9.57. The molecular formula is C14H21N3O2S2. The van der Waals surface area contributed by atoms with Crippen molar-refractivity contribution in [2.75, 3.05) is 29.5 Å². The van der Waals surface area contributed by atoms with Crippen LogP contribution in [0.3, 0.4) is 0 Å². The monoisotopic (exact) mass is 327 g/mol. The van der Waals surface area contributed by atoms with Crippen molar-refractivity contribution in [3.05, 3.63) is 4.88 Å². The van der Waals surface area contributed by atoms with Gasteiger partial charge in [0.2, 0.25) is 0 Å². The lowest BCUT2D eigenvalue weighted by Crippen LogP contribution is -2.38. The van der Waals surface area contributed by atoms with Gasteiger partial charge in [0, 0.05) is 13.1 Å². The van der Waals surface area contributed by atoms with Crippen molar-refractivity contribution in [3.8, 4) is 6.07 Å². The zero-order valence-corrected chi connectivity index (χ0v) is 14.2. The third kappa shape index (κ3) is 3.01. The Bertz CT molecular complexity index is 663. The first-order valence-electron chi connectivity index (χ1n) is 7.10. The van der Waals surface area contributed by atoms with E-state index >= 15 is 0 Å². The van der Waals surface area contributed by atoms with Gasteiger partial charge in [-0.15, -0.1) is 11.3 Å². The molecule has 0 aliphatic carbocycles. The van der Waals surface area contributed by atoms with Gasteiger partial charge in [-0.25, -0.2) is 8.42 Å². The molecule has 0 aromatic carbocycles. The summed E-state index contributed by atoms with van der Waals surface area (Å²) in [6.45, 7) is 7.55. The first kappa shape index (κ1) is 16.1. The molecule has 2 heterocycles. The molecule has 0 spiro atoms. The highest BCUT2D eigenvalue weighted by Crippen LogP contribution is 2.43. The minimum absolute atomic E-state index is 0.00918. The minimum atomic E-state index is -3.44. The molecule has 0 radical (unpaired) electrons. The maximum Gasteiger partial charge on any atom is 0.183 e. The largest absolute Gasteiger partial charge is 0.396 e. The lowest BCUT2D eigenvalue weighted by molar-refractivity contribution is 0.357. The number of rotatable bonds is 3. The van der Waals surface area contributed by atoms with Gasteiger partial charge in [-0.2, -0.15) is 5.26 Å². The van der Waals surface area contributed by atoms with Crippen LogP contribution in [-0.2, 0) is 9.84 Å². The van der Waals surface area contributed by atoms with Crippen molar-refractivity contribution >= 4 is 31.9 Å². The number of nitriles is 1. The van der Waals surface area contributed by atoms with Crippen molar-refractivity contribution < 1.29 is 8.42 Å². The second kappa shape index (κ2) is 5.85. The van der Waals surface area contributed by atoms with E-state index in [0.29, 0.717) is 21.7 Å². The number of hydrogen-bond acceptors (Lipinski definition) is 6. The fraction of sp³-hybridized carbons (Fsp3) is 0.643. The summed E-state index contributed by atoms with van der Waals surface area (Å²) in [6.07, 6.45) is 1.14. The molecule has 21 heavy (non-hydrogen) atoms. The van der Waals surface area contributed by atoms with E-state index in [4.69, 9.17) is 11.0 Å². The van der Waals surface area contributed by atoms with Gasteiger partial charge in [-0.3, -0.25) is 0 Å². The van der Waals surface area contributed by atoms with E-state index in [1.165, 1.54) is 11.3 Å². The Morgan fingerprint density at radius 1 is 1.38 bits per heavy atom. The van der Waals surface area contributed by atoms with Crippen molar-refractivity contribution in [2.24, 2.45) is 11.8 Å². The number of nitrogen functional groups attached to an aromatic ring is 1. The second-order valence-electron chi connectivity index (χ2n) is 5.85. The van der Waals surface area contributed by atoms with E-state index in [9.17, 15) is 8.42 Å². The lowest BCUT2D eigenvalue weighted by Gasteiger charge is -2.36. The summed E-state index contributed by atoms with van der Waals surface area (Å²) < 4.78 is 24.7. The smallest absolute Gasteiger partial charge is 0.183 e. The number of sulfone groups is 1. The summed E-state index contributed by atoms with van der Waals surface area (Å²) >= 11 is 1.20. The van der Waals surface area contributed by atoms with E-state index in [-0.39, 0.29) is 16.3 Å². The third-order valence-electron chi connectivity index (χ3n) is 3.83. The second-order valence-corrected chi connectivity index (χ2v) is 9.06. The van der Waals surface area contributed by atoms with Gasteiger partial charge in [0.05, 0.1) is 11.4 Å². The number of piperidine rings is 1. The molecule has 0 amide bonds. The lowest BCUT2D eigenvalue weighted by atomic mass is 9.92. The summed E-state index contributed by atoms with van der Waals surface area (Å²) in [5, 5.41) is 9.81. The molecule has 1 aliphatic rings. The molecule has 1 fully saturated rings. The molecule has 1 aromatic rings. The molecule has 5 nitrogen and oxygen atoms in total. The zero-order valence-electron chi connectivity index (χ0n) is 12.6. The fourth-order valence-electron chi connectivity index (χ4n) is 2.98. The fourth-order valence-corrected chi connectivity index (χ4v) is 5.60. The van der Waals surface area contributed by atoms with Crippen LogP contribution in [0.25, 0.3) is 0 Å². The quantitative estimate of drug-likeness (QED) is 0.921. The van der Waals surface area contributed by atoms with E-state index in [0.717, 1.165) is 19.5 Å². The summed E-state index contributed by atoms with van der Waals surface area (Å²) in [4.78, 5) is 2.54. The number of anilines is 2. The highest BCUT2D eigenvalue weighted by Gasteiger charge is 2.32. The Balaban J connectivity index is 2.56. The van der Waals surface area contributed by atoms with Crippen LogP contribution < -0.4 is 10.6 Å². The van der Waals surface area contributed by atoms with Crippen molar-refractivity contribution in [3.63, 3.8) is 0 Å². The van der Waals surface area contributed by atoms with Gasteiger partial charge < -0.3 is 10.6 Å². The average Bonchev–Trinajstić information content (AvgIpc) is 2.75. The van der Waals surface area contributed by atoms with E-state index in [1.807, 2.05) is 6.07 Å².